The molecule has 1 aliphatic carbocycles. The van der Waals surface area contributed by atoms with E-state index in [0.717, 1.165) is 5.92 Å². The quantitative estimate of drug-likeness (QED) is 0.617. The van der Waals surface area contributed by atoms with Crippen LogP contribution in [0.25, 0.3) is 0 Å². The van der Waals surface area contributed by atoms with E-state index in [-0.39, 0.29) is 0 Å². The Morgan fingerprint density at radius 2 is 1.91 bits per heavy atom. The summed E-state index contributed by atoms with van der Waals surface area (Å²) in [5.41, 5.74) is 0.437. The second kappa shape index (κ2) is 2.78. The lowest BCUT2D eigenvalue weighted by molar-refractivity contribution is 0.191. The highest BCUT2D eigenvalue weighted by Crippen LogP contribution is 2.49. The van der Waals surface area contributed by atoms with Gasteiger partial charge in [-0.1, -0.05) is 27.7 Å². The average Bonchev–Trinajstić information content (AvgIpc) is 2.13. The van der Waals surface area contributed by atoms with E-state index in [0.29, 0.717) is 23.9 Å². The zero-order valence-corrected chi connectivity index (χ0v) is 8.09. The number of aliphatic hydroxyl groups excluding tert-OH is 1. The third kappa shape index (κ3) is 1.44. The van der Waals surface area contributed by atoms with Gasteiger partial charge in [0.25, 0.3) is 0 Å². The summed E-state index contributed by atoms with van der Waals surface area (Å²) in [6.07, 6.45) is 1.19. The van der Waals surface area contributed by atoms with E-state index >= 15 is 0 Å². The number of hydrogen-bond acceptors (Lipinski definition) is 1. The molecule has 1 N–H and O–H groups in total. The first-order valence-corrected chi connectivity index (χ1v) is 4.60. The van der Waals surface area contributed by atoms with Crippen molar-refractivity contribution in [2.24, 2.45) is 23.2 Å². The van der Waals surface area contributed by atoms with Crippen LogP contribution < -0.4 is 0 Å². The Hall–Kier alpha value is -0.0400. The molecule has 1 aliphatic rings. The summed E-state index contributed by atoms with van der Waals surface area (Å²) in [5, 5.41) is 9.09. The van der Waals surface area contributed by atoms with Gasteiger partial charge < -0.3 is 5.11 Å². The Morgan fingerprint density at radius 1 is 1.36 bits per heavy atom. The van der Waals surface area contributed by atoms with E-state index in [2.05, 4.69) is 27.7 Å². The Bertz CT molecular complexity index is 140. The largest absolute Gasteiger partial charge is 0.396 e. The molecule has 1 fully saturated rings. The summed E-state index contributed by atoms with van der Waals surface area (Å²) in [6, 6.07) is 0. The first kappa shape index (κ1) is 9.05. The fourth-order valence-corrected chi connectivity index (χ4v) is 2.40. The second-order valence-corrected chi connectivity index (χ2v) is 4.78. The van der Waals surface area contributed by atoms with Gasteiger partial charge in [-0.25, -0.2) is 0 Å². The van der Waals surface area contributed by atoms with Crippen LogP contribution in [-0.2, 0) is 0 Å². The minimum Gasteiger partial charge on any atom is -0.396 e. The van der Waals surface area contributed by atoms with Crippen molar-refractivity contribution in [3.05, 3.63) is 0 Å². The van der Waals surface area contributed by atoms with E-state index in [1.807, 2.05) is 0 Å². The van der Waals surface area contributed by atoms with E-state index in [1.165, 1.54) is 6.42 Å². The molecule has 1 rings (SSSR count). The SMILES string of the molecule is CC1[C@H](CO)CC(C)(C)[C@H]1C. The minimum atomic E-state index is 0.370. The van der Waals surface area contributed by atoms with Gasteiger partial charge in [0.1, 0.15) is 0 Å². The molecule has 66 valence electrons. The van der Waals surface area contributed by atoms with E-state index in [9.17, 15) is 0 Å². The van der Waals surface area contributed by atoms with Crippen LogP contribution in [0.2, 0.25) is 0 Å². The average molecular weight is 156 g/mol. The molecule has 0 aliphatic heterocycles. The van der Waals surface area contributed by atoms with Crippen LogP contribution in [0.1, 0.15) is 34.1 Å². The molecule has 0 radical (unpaired) electrons. The third-order valence-corrected chi connectivity index (χ3v) is 3.79. The highest BCUT2D eigenvalue weighted by Gasteiger charge is 2.42. The molecule has 11 heavy (non-hydrogen) atoms. The Morgan fingerprint density at radius 3 is 2.09 bits per heavy atom. The molecule has 3 atom stereocenters. The molecule has 0 saturated heterocycles. The Kier molecular flexibility index (Phi) is 2.29. The van der Waals surface area contributed by atoms with Crippen LogP contribution in [0, 0.1) is 23.2 Å². The highest BCUT2D eigenvalue weighted by atomic mass is 16.3. The molecule has 1 saturated carbocycles. The van der Waals surface area contributed by atoms with Crippen molar-refractivity contribution in [2.45, 2.75) is 34.1 Å². The summed E-state index contributed by atoms with van der Waals surface area (Å²) >= 11 is 0. The summed E-state index contributed by atoms with van der Waals surface area (Å²) in [4.78, 5) is 0. The molecule has 0 heterocycles. The second-order valence-electron chi connectivity index (χ2n) is 4.78. The maximum absolute atomic E-state index is 9.09. The Labute approximate surface area is 69.8 Å². The fourth-order valence-electron chi connectivity index (χ4n) is 2.40. The van der Waals surface area contributed by atoms with Gasteiger partial charge in [0, 0.05) is 6.61 Å². The van der Waals surface area contributed by atoms with Crippen molar-refractivity contribution in [3.8, 4) is 0 Å². The van der Waals surface area contributed by atoms with Crippen LogP contribution in [0.5, 0.6) is 0 Å². The maximum Gasteiger partial charge on any atom is 0.0462 e. The zero-order valence-electron chi connectivity index (χ0n) is 8.09. The van der Waals surface area contributed by atoms with Crippen LogP contribution in [0.3, 0.4) is 0 Å². The monoisotopic (exact) mass is 156 g/mol. The summed E-state index contributed by atoms with van der Waals surface area (Å²) < 4.78 is 0. The standard InChI is InChI=1S/C10H20O/c1-7-8(2)10(3,4)5-9(7)6-11/h7-9,11H,5-6H2,1-4H3/t7?,8-,9-/m0/s1. The molecule has 1 nitrogen and oxygen atoms in total. The van der Waals surface area contributed by atoms with E-state index < -0.39 is 0 Å². The predicted molar refractivity (Wildman–Crippen MR) is 47.3 cm³/mol. The molecular weight excluding hydrogens is 136 g/mol. The van der Waals surface area contributed by atoms with Gasteiger partial charge in [-0.15, -0.1) is 0 Å². The van der Waals surface area contributed by atoms with Gasteiger partial charge in [-0.3, -0.25) is 0 Å². The van der Waals surface area contributed by atoms with Crippen molar-refractivity contribution in [1.29, 1.82) is 0 Å². The first-order chi connectivity index (χ1) is 4.99. The molecule has 1 heteroatoms. The minimum absolute atomic E-state index is 0.370. The van der Waals surface area contributed by atoms with Crippen LogP contribution in [0.4, 0.5) is 0 Å². The molecule has 0 amide bonds. The smallest absolute Gasteiger partial charge is 0.0462 e. The predicted octanol–water partition coefficient (Wildman–Crippen LogP) is 2.30. The van der Waals surface area contributed by atoms with Crippen molar-refractivity contribution in [1.82, 2.24) is 0 Å². The molecule has 0 aromatic carbocycles. The zero-order chi connectivity index (χ0) is 8.65. The van der Waals surface area contributed by atoms with Crippen molar-refractivity contribution >= 4 is 0 Å². The molecule has 0 aromatic rings. The van der Waals surface area contributed by atoms with Crippen molar-refractivity contribution in [2.75, 3.05) is 6.61 Å². The van der Waals surface area contributed by atoms with E-state index in [4.69, 9.17) is 5.11 Å². The summed E-state index contributed by atoms with van der Waals surface area (Å²) in [5.74, 6) is 1.98. The molecule has 0 aromatic heterocycles. The van der Waals surface area contributed by atoms with Crippen molar-refractivity contribution < 1.29 is 5.11 Å². The maximum atomic E-state index is 9.09. The van der Waals surface area contributed by atoms with Gasteiger partial charge in [-0.2, -0.15) is 0 Å². The summed E-state index contributed by atoms with van der Waals surface area (Å²) in [7, 11) is 0. The first-order valence-electron chi connectivity index (χ1n) is 4.60. The number of hydrogen-bond donors (Lipinski definition) is 1. The normalized spacial score (nSPS) is 42.8. The van der Waals surface area contributed by atoms with Crippen LogP contribution >= 0.6 is 0 Å². The lowest BCUT2D eigenvalue weighted by Crippen LogP contribution is -2.17. The topological polar surface area (TPSA) is 20.2 Å². The molecule has 0 bridgehead atoms. The molecular formula is C10H20O. The number of aliphatic hydroxyl groups is 1. The third-order valence-electron chi connectivity index (χ3n) is 3.79. The van der Waals surface area contributed by atoms with Crippen LogP contribution in [-0.4, -0.2) is 11.7 Å². The lowest BCUT2D eigenvalue weighted by atomic mass is 9.81. The van der Waals surface area contributed by atoms with Crippen molar-refractivity contribution in [3.63, 3.8) is 0 Å². The molecule has 1 unspecified atom stereocenters. The van der Waals surface area contributed by atoms with Gasteiger partial charge in [0.15, 0.2) is 0 Å². The molecule has 0 spiro atoms. The van der Waals surface area contributed by atoms with Gasteiger partial charge in [0.05, 0.1) is 0 Å². The number of rotatable bonds is 1. The Balaban J connectivity index is 2.69. The van der Waals surface area contributed by atoms with Gasteiger partial charge in [-0.05, 0) is 29.6 Å². The van der Waals surface area contributed by atoms with Gasteiger partial charge >= 0.3 is 0 Å². The van der Waals surface area contributed by atoms with Crippen LogP contribution in [0.15, 0.2) is 0 Å². The summed E-state index contributed by atoms with van der Waals surface area (Å²) in [6.45, 7) is 9.56. The lowest BCUT2D eigenvalue weighted by Gasteiger charge is -2.25. The van der Waals surface area contributed by atoms with Gasteiger partial charge in [0.2, 0.25) is 0 Å². The fraction of sp³-hybridized carbons (Fsp3) is 1.00. The highest BCUT2D eigenvalue weighted by molar-refractivity contribution is 4.91. The van der Waals surface area contributed by atoms with E-state index in [1.54, 1.807) is 0 Å².